The van der Waals surface area contributed by atoms with Crippen molar-refractivity contribution in [2.75, 3.05) is 37.7 Å². The van der Waals surface area contributed by atoms with Gasteiger partial charge in [-0.3, -0.25) is 20.0 Å². The lowest BCUT2D eigenvalue weighted by atomic mass is 9.96. The maximum absolute atomic E-state index is 11.0. The van der Waals surface area contributed by atoms with Gasteiger partial charge >= 0.3 is 0 Å². The van der Waals surface area contributed by atoms with Gasteiger partial charge in [0.15, 0.2) is 5.11 Å². The van der Waals surface area contributed by atoms with E-state index in [1.807, 2.05) is 18.3 Å². The normalized spacial score (nSPS) is 18.9. The van der Waals surface area contributed by atoms with Gasteiger partial charge in [-0.15, -0.1) is 0 Å². The molecule has 4 heterocycles. The number of rotatable bonds is 10. The van der Waals surface area contributed by atoms with Crippen LogP contribution in [0.4, 0.5) is 11.4 Å². The molecule has 44 heavy (non-hydrogen) atoms. The Labute approximate surface area is 267 Å². The van der Waals surface area contributed by atoms with Gasteiger partial charge in [0.25, 0.3) is 5.69 Å². The van der Waals surface area contributed by atoms with E-state index in [0.29, 0.717) is 5.11 Å². The van der Waals surface area contributed by atoms with Gasteiger partial charge in [-0.2, -0.15) is 0 Å². The van der Waals surface area contributed by atoms with Crippen molar-refractivity contribution in [1.82, 2.24) is 19.8 Å². The fourth-order valence-corrected chi connectivity index (χ4v) is 7.31. The Bertz CT molecular complexity index is 1610. The molecule has 0 amide bonds. The van der Waals surface area contributed by atoms with E-state index in [-0.39, 0.29) is 22.7 Å². The Morgan fingerprint density at radius 2 is 1.73 bits per heavy atom. The second kappa shape index (κ2) is 13.5. The number of non-ortho nitro benzene ring substituents is 1. The van der Waals surface area contributed by atoms with Crippen LogP contribution in [0.5, 0.6) is 0 Å². The van der Waals surface area contributed by atoms with E-state index in [1.54, 1.807) is 23.9 Å². The standard InChI is InChI=1S/C33H36N6O3S2/c1-23-22-29(24(2)37(23)17-5-16-36-18-20-42-21-19-36)32-31(30-6-3-4-15-34-30)35-33(43)38(32)25-7-11-27(12-8-25)44-28-13-9-26(10-14-28)39(40)41/h3-4,6-15,22,31-32H,5,16-21H2,1-2H3,(H,35,43)/t31-,32-/m1/s1. The molecule has 11 heteroatoms. The molecule has 0 saturated carbocycles. The van der Waals surface area contributed by atoms with Crippen molar-refractivity contribution in [1.29, 1.82) is 0 Å². The van der Waals surface area contributed by atoms with Gasteiger partial charge in [-0.05, 0) is 92.6 Å². The molecule has 0 unspecified atom stereocenters. The summed E-state index contributed by atoms with van der Waals surface area (Å²) in [6, 6.07) is 23.1. The van der Waals surface area contributed by atoms with Crippen LogP contribution in [0.3, 0.4) is 0 Å². The number of nitrogens with zero attached hydrogens (tertiary/aromatic N) is 5. The van der Waals surface area contributed by atoms with Crippen molar-refractivity contribution in [2.24, 2.45) is 0 Å². The average molecular weight is 629 g/mol. The van der Waals surface area contributed by atoms with Gasteiger partial charge in [0.2, 0.25) is 0 Å². The third kappa shape index (κ3) is 6.51. The second-order valence-corrected chi connectivity index (χ2v) is 12.7. The number of benzene rings is 2. The predicted octanol–water partition coefficient (Wildman–Crippen LogP) is 6.46. The molecular formula is C33H36N6O3S2. The van der Waals surface area contributed by atoms with Crippen LogP contribution in [-0.4, -0.2) is 57.3 Å². The van der Waals surface area contributed by atoms with Gasteiger partial charge in [-0.1, -0.05) is 17.8 Å². The molecule has 4 aromatic rings. The van der Waals surface area contributed by atoms with E-state index in [9.17, 15) is 10.1 Å². The van der Waals surface area contributed by atoms with Crippen LogP contribution in [0, 0.1) is 24.0 Å². The van der Waals surface area contributed by atoms with Gasteiger partial charge in [0.1, 0.15) is 0 Å². The zero-order valence-corrected chi connectivity index (χ0v) is 26.5. The van der Waals surface area contributed by atoms with Crippen LogP contribution < -0.4 is 10.2 Å². The largest absolute Gasteiger partial charge is 0.379 e. The Morgan fingerprint density at radius 3 is 2.39 bits per heavy atom. The summed E-state index contributed by atoms with van der Waals surface area (Å²) >= 11 is 7.54. The van der Waals surface area contributed by atoms with Gasteiger partial charge < -0.3 is 19.5 Å². The number of pyridine rings is 1. The summed E-state index contributed by atoms with van der Waals surface area (Å²) in [4.78, 5) is 22.0. The molecule has 0 spiro atoms. The summed E-state index contributed by atoms with van der Waals surface area (Å²) in [7, 11) is 0. The molecule has 9 nitrogen and oxygen atoms in total. The Kier molecular flexibility index (Phi) is 9.27. The van der Waals surface area contributed by atoms with Crippen molar-refractivity contribution in [3.05, 3.63) is 112 Å². The van der Waals surface area contributed by atoms with Gasteiger partial charge in [0, 0.05) is 71.4 Å². The zero-order chi connectivity index (χ0) is 30.6. The average Bonchev–Trinajstić information content (AvgIpc) is 3.53. The van der Waals surface area contributed by atoms with Crippen LogP contribution in [0.25, 0.3) is 0 Å². The highest BCUT2D eigenvalue weighted by Gasteiger charge is 2.42. The number of hydrogen-bond donors (Lipinski definition) is 1. The zero-order valence-electron chi connectivity index (χ0n) is 24.9. The number of morpholine rings is 1. The van der Waals surface area contributed by atoms with E-state index in [2.05, 4.69) is 69.9 Å². The maximum Gasteiger partial charge on any atom is 0.269 e. The maximum atomic E-state index is 11.0. The third-order valence-corrected chi connectivity index (χ3v) is 9.72. The third-order valence-electron chi connectivity index (χ3n) is 8.39. The lowest BCUT2D eigenvalue weighted by molar-refractivity contribution is -0.384. The number of anilines is 1. The number of nitro benzene ring substituents is 1. The molecule has 2 atom stereocenters. The van der Waals surface area contributed by atoms with Crippen LogP contribution in [-0.2, 0) is 11.3 Å². The highest BCUT2D eigenvalue weighted by atomic mass is 32.2. The number of ether oxygens (including phenoxy) is 1. The SMILES string of the molecule is Cc1cc([C@@H]2[C@@H](c3ccccn3)NC(=S)N2c2ccc(Sc3ccc([N+](=O)[O-])cc3)cc2)c(C)n1CCCN1CCOCC1. The van der Waals surface area contributed by atoms with Crippen LogP contribution in [0.1, 0.15) is 41.1 Å². The Balaban J connectivity index is 1.26. The van der Waals surface area contributed by atoms with E-state index in [0.717, 1.165) is 67.0 Å². The van der Waals surface area contributed by atoms with Crippen LogP contribution in [0.2, 0.25) is 0 Å². The van der Waals surface area contributed by atoms with E-state index < -0.39 is 0 Å². The van der Waals surface area contributed by atoms with E-state index >= 15 is 0 Å². The van der Waals surface area contributed by atoms with Gasteiger partial charge in [-0.25, -0.2) is 0 Å². The summed E-state index contributed by atoms with van der Waals surface area (Å²) in [5, 5.41) is 15.3. The number of aryl methyl sites for hydroxylation is 1. The number of hydrogen-bond acceptors (Lipinski definition) is 7. The second-order valence-electron chi connectivity index (χ2n) is 11.1. The molecule has 0 aliphatic carbocycles. The van der Waals surface area contributed by atoms with E-state index in [4.69, 9.17) is 21.9 Å². The lowest BCUT2D eigenvalue weighted by Gasteiger charge is -2.28. The highest BCUT2D eigenvalue weighted by molar-refractivity contribution is 7.99. The fraction of sp³-hybridized carbons (Fsp3) is 0.333. The Hall–Kier alpha value is -3.77. The quantitative estimate of drug-likeness (QED) is 0.121. The summed E-state index contributed by atoms with van der Waals surface area (Å²) in [6.07, 6.45) is 2.91. The molecule has 0 radical (unpaired) electrons. The minimum atomic E-state index is -0.381. The molecule has 2 aromatic heterocycles. The lowest BCUT2D eigenvalue weighted by Crippen LogP contribution is -2.37. The number of nitro groups is 1. The summed E-state index contributed by atoms with van der Waals surface area (Å²) in [5.74, 6) is 0. The molecule has 6 rings (SSSR count). The number of nitrogens with one attached hydrogen (secondary N) is 1. The molecule has 2 fully saturated rings. The minimum Gasteiger partial charge on any atom is -0.379 e. The topological polar surface area (TPSA) is 88.7 Å². The molecule has 2 aromatic carbocycles. The summed E-state index contributed by atoms with van der Waals surface area (Å²) < 4.78 is 7.95. The van der Waals surface area contributed by atoms with E-state index in [1.165, 1.54) is 29.1 Å². The first kappa shape index (κ1) is 30.3. The molecule has 2 aliphatic rings. The van der Waals surface area contributed by atoms with Crippen molar-refractivity contribution >= 4 is 40.5 Å². The molecule has 2 saturated heterocycles. The molecule has 0 bridgehead atoms. The number of aromatic nitrogens is 2. The van der Waals surface area contributed by atoms with Crippen molar-refractivity contribution < 1.29 is 9.66 Å². The fourth-order valence-electron chi connectivity index (χ4n) is 6.14. The van der Waals surface area contributed by atoms with Crippen molar-refractivity contribution in [3.63, 3.8) is 0 Å². The summed E-state index contributed by atoms with van der Waals surface area (Å²) in [6.45, 7) is 10.1. The monoisotopic (exact) mass is 628 g/mol. The minimum absolute atomic E-state index is 0.0789. The molecular weight excluding hydrogens is 593 g/mol. The molecule has 228 valence electrons. The first-order chi connectivity index (χ1) is 21.4. The molecule has 1 N–H and O–H groups in total. The van der Waals surface area contributed by atoms with Crippen molar-refractivity contribution in [3.8, 4) is 0 Å². The number of thiocarbonyl (C=S) groups is 1. The van der Waals surface area contributed by atoms with Crippen LogP contribution in [0.15, 0.2) is 88.8 Å². The highest BCUT2D eigenvalue weighted by Crippen LogP contribution is 2.44. The first-order valence-corrected chi connectivity index (χ1v) is 16.1. The summed E-state index contributed by atoms with van der Waals surface area (Å²) in [5.41, 5.74) is 5.76. The predicted molar refractivity (Wildman–Crippen MR) is 177 cm³/mol. The van der Waals surface area contributed by atoms with Crippen LogP contribution >= 0.6 is 24.0 Å². The van der Waals surface area contributed by atoms with Crippen molar-refractivity contribution in [2.45, 2.75) is 48.7 Å². The Morgan fingerprint density at radius 1 is 1.02 bits per heavy atom. The van der Waals surface area contributed by atoms with Gasteiger partial charge in [0.05, 0.1) is 35.9 Å². The smallest absolute Gasteiger partial charge is 0.269 e. The first-order valence-electron chi connectivity index (χ1n) is 14.9. The molecule has 2 aliphatic heterocycles.